The average molecular weight is 468 g/mol. The van der Waals surface area contributed by atoms with Gasteiger partial charge in [-0.15, -0.1) is 0 Å². The van der Waals surface area contributed by atoms with Crippen molar-refractivity contribution in [2.45, 2.75) is 110 Å². The minimum atomic E-state index is -0.0429. The van der Waals surface area contributed by atoms with Crippen molar-refractivity contribution >= 4 is 23.0 Å². The van der Waals surface area contributed by atoms with Crippen LogP contribution in [0, 0.1) is 0 Å². The summed E-state index contributed by atoms with van der Waals surface area (Å²) in [5.41, 5.74) is 4.24. The third kappa shape index (κ3) is 11.6. The molecule has 0 saturated carbocycles. The molecule has 0 aliphatic rings. The van der Waals surface area contributed by atoms with Gasteiger partial charge in [-0.1, -0.05) is 115 Å². The summed E-state index contributed by atoms with van der Waals surface area (Å²) in [5.74, 6) is 0.456. The standard InChI is InChI=1S/C29H45N3O2/c1-3-4-5-6-7-8-9-10-11-12-13-14-15-16-17-22-28(33)32-30-24-26-23-25-20-18-19-21-27(25)31-29(26)34-2/h18-21,23-24H,3-17,22H2,1-2H3,(H,32,33)/b30-24+. The van der Waals surface area contributed by atoms with Crippen LogP contribution < -0.4 is 10.2 Å². The monoisotopic (exact) mass is 467 g/mol. The molecule has 0 aliphatic heterocycles. The van der Waals surface area contributed by atoms with Gasteiger partial charge < -0.3 is 4.74 Å². The van der Waals surface area contributed by atoms with E-state index in [1.165, 1.54) is 83.5 Å². The van der Waals surface area contributed by atoms with Crippen LogP contribution in [0.3, 0.4) is 0 Å². The number of pyridine rings is 1. The summed E-state index contributed by atoms with van der Waals surface area (Å²) in [7, 11) is 1.59. The van der Waals surface area contributed by atoms with Gasteiger partial charge in [0.15, 0.2) is 0 Å². The molecule has 1 aromatic carbocycles. The number of unbranched alkanes of at least 4 members (excludes halogenated alkanes) is 14. The number of carbonyl (C=O) groups excluding carboxylic acids is 1. The van der Waals surface area contributed by atoms with Crippen molar-refractivity contribution in [1.82, 2.24) is 10.4 Å². The molecule has 188 valence electrons. The van der Waals surface area contributed by atoms with E-state index in [1.54, 1.807) is 13.3 Å². The second-order valence-electron chi connectivity index (χ2n) is 9.27. The molecule has 5 heteroatoms. The molecule has 0 aliphatic carbocycles. The van der Waals surface area contributed by atoms with Gasteiger partial charge in [-0.3, -0.25) is 4.79 Å². The maximum atomic E-state index is 12.1. The molecule has 0 atom stereocenters. The molecule has 5 nitrogen and oxygen atoms in total. The number of methoxy groups -OCH3 is 1. The topological polar surface area (TPSA) is 63.6 Å². The largest absolute Gasteiger partial charge is 0.481 e. The van der Waals surface area contributed by atoms with Crippen LogP contribution in [0.5, 0.6) is 5.88 Å². The summed E-state index contributed by atoms with van der Waals surface area (Å²) in [6.07, 6.45) is 21.9. The van der Waals surface area contributed by atoms with Gasteiger partial charge in [-0.05, 0) is 18.6 Å². The first-order valence-corrected chi connectivity index (χ1v) is 13.5. The Balaban J connectivity index is 1.47. The minimum Gasteiger partial charge on any atom is -0.481 e. The first-order valence-electron chi connectivity index (χ1n) is 13.5. The molecule has 34 heavy (non-hydrogen) atoms. The Hall–Kier alpha value is -2.43. The predicted molar refractivity (Wildman–Crippen MR) is 144 cm³/mol. The maximum Gasteiger partial charge on any atom is 0.240 e. The lowest BCUT2D eigenvalue weighted by Crippen LogP contribution is -2.17. The van der Waals surface area contributed by atoms with Crippen LogP contribution in [0.1, 0.15) is 115 Å². The molecule has 0 radical (unpaired) electrons. The van der Waals surface area contributed by atoms with Gasteiger partial charge in [-0.25, -0.2) is 10.4 Å². The average Bonchev–Trinajstić information content (AvgIpc) is 2.86. The molecule has 0 bridgehead atoms. The lowest BCUT2D eigenvalue weighted by molar-refractivity contribution is -0.121. The quantitative estimate of drug-likeness (QED) is 0.129. The maximum absolute atomic E-state index is 12.1. The zero-order valence-corrected chi connectivity index (χ0v) is 21.5. The molecule has 2 aromatic rings. The summed E-state index contributed by atoms with van der Waals surface area (Å²) < 4.78 is 5.36. The van der Waals surface area contributed by atoms with Crippen molar-refractivity contribution in [1.29, 1.82) is 0 Å². The van der Waals surface area contributed by atoms with E-state index in [0.29, 0.717) is 12.3 Å². The van der Waals surface area contributed by atoms with E-state index in [2.05, 4.69) is 22.4 Å². The summed E-state index contributed by atoms with van der Waals surface area (Å²) in [4.78, 5) is 16.5. The summed E-state index contributed by atoms with van der Waals surface area (Å²) >= 11 is 0. The van der Waals surface area contributed by atoms with E-state index in [1.807, 2.05) is 30.3 Å². The first-order chi connectivity index (χ1) is 16.7. The van der Waals surface area contributed by atoms with Gasteiger partial charge >= 0.3 is 0 Å². The Morgan fingerprint density at radius 2 is 1.44 bits per heavy atom. The zero-order chi connectivity index (χ0) is 24.3. The third-order valence-corrected chi connectivity index (χ3v) is 6.31. The van der Waals surface area contributed by atoms with Crippen molar-refractivity contribution in [3.8, 4) is 5.88 Å². The molecule has 0 unspecified atom stereocenters. The summed E-state index contributed by atoms with van der Waals surface area (Å²) in [6, 6.07) is 9.81. The second-order valence-corrected chi connectivity index (χ2v) is 9.27. The predicted octanol–water partition coefficient (Wildman–Crippen LogP) is 7.96. The number of hydrogen-bond donors (Lipinski definition) is 1. The van der Waals surface area contributed by atoms with E-state index in [4.69, 9.17) is 4.74 Å². The number of ether oxygens (including phenoxy) is 1. The van der Waals surface area contributed by atoms with Crippen molar-refractivity contribution in [3.05, 3.63) is 35.9 Å². The highest BCUT2D eigenvalue weighted by atomic mass is 16.5. The van der Waals surface area contributed by atoms with Gasteiger partial charge in [0.2, 0.25) is 11.8 Å². The normalized spacial score (nSPS) is 11.4. The third-order valence-electron chi connectivity index (χ3n) is 6.31. The molecule has 1 N–H and O–H groups in total. The van der Waals surface area contributed by atoms with Crippen LogP contribution in [-0.2, 0) is 4.79 Å². The highest BCUT2D eigenvalue weighted by molar-refractivity contribution is 5.91. The van der Waals surface area contributed by atoms with Gasteiger partial charge in [-0.2, -0.15) is 5.10 Å². The molecule has 2 rings (SSSR count). The van der Waals surface area contributed by atoms with Gasteiger partial charge in [0.05, 0.1) is 24.4 Å². The highest BCUT2D eigenvalue weighted by Gasteiger charge is 2.06. The number of carbonyl (C=O) groups is 1. The van der Waals surface area contributed by atoms with Crippen molar-refractivity contribution in [3.63, 3.8) is 0 Å². The van der Waals surface area contributed by atoms with E-state index >= 15 is 0 Å². The number of fused-ring (bicyclic) bond motifs is 1. The van der Waals surface area contributed by atoms with Crippen molar-refractivity contribution < 1.29 is 9.53 Å². The first kappa shape index (κ1) is 27.8. The number of hydrazone groups is 1. The summed E-state index contributed by atoms with van der Waals surface area (Å²) in [6.45, 7) is 2.28. The van der Waals surface area contributed by atoms with E-state index in [-0.39, 0.29) is 5.91 Å². The Labute approximate surface area is 206 Å². The Morgan fingerprint density at radius 3 is 2.03 bits per heavy atom. The van der Waals surface area contributed by atoms with Crippen LogP contribution >= 0.6 is 0 Å². The number of amides is 1. The number of nitrogens with zero attached hydrogens (tertiary/aromatic N) is 2. The fourth-order valence-electron chi connectivity index (χ4n) is 4.26. The molecular formula is C29H45N3O2. The molecule has 1 aromatic heterocycles. The van der Waals surface area contributed by atoms with Crippen LogP contribution in [0.15, 0.2) is 35.4 Å². The minimum absolute atomic E-state index is 0.0429. The molecular weight excluding hydrogens is 422 g/mol. The molecule has 1 amide bonds. The molecule has 0 fully saturated rings. The Bertz CT molecular complexity index is 850. The van der Waals surface area contributed by atoms with Gasteiger partial charge in [0.25, 0.3) is 0 Å². The number of para-hydroxylation sites is 1. The van der Waals surface area contributed by atoms with Gasteiger partial charge in [0.1, 0.15) is 0 Å². The van der Waals surface area contributed by atoms with Crippen LogP contribution in [-0.4, -0.2) is 24.2 Å². The molecule has 0 spiro atoms. The SMILES string of the molecule is CCCCCCCCCCCCCCCCCC(=O)N/N=C/c1cc2ccccc2nc1OC. The number of hydrogen-bond acceptors (Lipinski definition) is 4. The smallest absolute Gasteiger partial charge is 0.240 e. The summed E-state index contributed by atoms with van der Waals surface area (Å²) in [5, 5.41) is 5.11. The fraction of sp³-hybridized carbons (Fsp3) is 0.621. The fourth-order valence-corrected chi connectivity index (χ4v) is 4.26. The number of rotatable bonds is 19. The Kier molecular flexibility index (Phi) is 14.7. The van der Waals surface area contributed by atoms with Crippen molar-refractivity contribution in [2.75, 3.05) is 7.11 Å². The highest BCUT2D eigenvalue weighted by Crippen LogP contribution is 2.20. The molecule has 1 heterocycles. The lowest BCUT2D eigenvalue weighted by Gasteiger charge is -2.06. The van der Waals surface area contributed by atoms with Gasteiger partial charge in [0, 0.05) is 11.8 Å². The van der Waals surface area contributed by atoms with E-state index in [0.717, 1.165) is 29.3 Å². The van der Waals surface area contributed by atoms with E-state index in [9.17, 15) is 4.79 Å². The van der Waals surface area contributed by atoms with Crippen LogP contribution in [0.2, 0.25) is 0 Å². The number of nitrogens with one attached hydrogen (secondary N) is 1. The number of benzene rings is 1. The van der Waals surface area contributed by atoms with E-state index < -0.39 is 0 Å². The van der Waals surface area contributed by atoms with Crippen LogP contribution in [0.25, 0.3) is 10.9 Å². The zero-order valence-electron chi connectivity index (χ0n) is 21.5. The second kappa shape index (κ2) is 18.0. The molecule has 0 saturated heterocycles. The van der Waals surface area contributed by atoms with Crippen molar-refractivity contribution in [2.24, 2.45) is 5.10 Å². The van der Waals surface area contributed by atoms with Crippen LogP contribution in [0.4, 0.5) is 0 Å². The lowest BCUT2D eigenvalue weighted by atomic mass is 10.0. The Morgan fingerprint density at radius 1 is 0.882 bits per heavy atom. The number of aromatic nitrogens is 1.